The zero-order valence-electron chi connectivity index (χ0n) is 11.8. The maximum atomic E-state index is 12.2. The van der Waals surface area contributed by atoms with Gasteiger partial charge in [-0.2, -0.15) is 0 Å². The van der Waals surface area contributed by atoms with Crippen molar-refractivity contribution in [2.75, 3.05) is 6.61 Å². The molecule has 0 bridgehead atoms. The SMILES string of the molecule is CC1(C)C[C@H]2[C@@H](O)[C@@]3(O)COC(=O)[C@]34C[C@]4(C)[C@H]2C1. The topological polar surface area (TPSA) is 66.8 Å². The number of fused-ring (bicyclic) bond motifs is 2. The number of cyclic esters (lactones) is 1. The molecule has 1 saturated heterocycles. The number of carbonyl (C=O) groups excluding carboxylic acids is 1. The monoisotopic (exact) mass is 266 g/mol. The molecule has 0 aromatic rings. The van der Waals surface area contributed by atoms with Gasteiger partial charge in [0.2, 0.25) is 0 Å². The Kier molecular flexibility index (Phi) is 1.83. The molecule has 0 radical (unpaired) electrons. The van der Waals surface area contributed by atoms with Crippen molar-refractivity contribution >= 4 is 5.97 Å². The number of hydrogen-bond donors (Lipinski definition) is 2. The van der Waals surface area contributed by atoms with Crippen LogP contribution in [0.5, 0.6) is 0 Å². The van der Waals surface area contributed by atoms with Crippen molar-refractivity contribution in [3.8, 4) is 0 Å². The molecule has 4 heteroatoms. The van der Waals surface area contributed by atoms with Gasteiger partial charge >= 0.3 is 5.97 Å². The molecule has 2 N–H and O–H groups in total. The van der Waals surface area contributed by atoms with Crippen molar-refractivity contribution in [3.63, 3.8) is 0 Å². The predicted molar refractivity (Wildman–Crippen MR) is 67.1 cm³/mol. The fourth-order valence-corrected chi connectivity index (χ4v) is 5.84. The Morgan fingerprint density at radius 3 is 2.63 bits per heavy atom. The summed E-state index contributed by atoms with van der Waals surface area (Å²) < 4.78 is 5.15. The third kappa shape index (κ3) is 1.03. The average molecular weight is 266 g/mol. The van der Waals surface area contributed by atoms with Crippen molar-refractivity contribution in [1.29, 1.82) is 0 Å². The fourth-order valence-electron chi connectivity index (χ4n) is 5.84. The van der Waals surface area contributed by atoms with Crippen molar-refractivity contribution in [1.82, 2.24) is 0 Å². The lowest BCUT2D eigenvalue weighted by atomic mass is 9.61. The highest BCUT2D eigenvalue weighted by Gasteiger charge is 2.89. The van der Waals surface area contributed by atoms with Crippen LogP contribution in [0.4, 0.5) is 0 Å². The number of aliphatic hydroxyl groups excluding tert-OH is 1. The Hall–Kier alpha value is -0.610. The highest BCUT2D eigenvalue weighted by Crippen LogP contribution is 2.82. The van der Waals surface area contributed by atoms with Gasteiger partial charge in [0, 0.05) is 0 Å². The standard InChI is InChI=1S/C15H22O4/c1-12(2)4-8-9(5-12)13(3)6-14(13)11(17)19-7-15(14,18)10(8)16/h8-10,16,18H,4-7H2,1-3H3/t8-,9+,10-,13-,14+,15+/m1/s1. The highest BCUT2D eigenvalue weighted by atomic mass is 16.6. The maximum Gasteiger partial charge on any atom is 0.315 e. The first-order chi connectivity index (χ1) is 8.68. The zero-order valence-corrected chi connectivity index (χ0v) is 11.8. The van der Waals surface area contributed by atoms with Gasteiger partial charge in [-0.1, -0.05) is 20.8 Å². The Labute approximate surface area is 113 Å². The molecule has 1 heterocycles. The molecule has 0 amide bonds. The van der Waals surface area contributed by atoms with Gasteiger partial charge in [-0.05, 0) is 41.9 Å². The molecule has 4 fully saturated rings. The molecule has 0 unspecified atom stereocenters. The molecule has 0 aromatic heterocycles. The van der Waals surface area contributed by atoms with Gasteiger partial charge in [-0.3, -0.25) is 4.79 Å². The minimum atomic E-state index is -1.36. The van der Waals surface area contributed by atoms with Crippen molar-refractivity contribution < 1.29 is 19.7 Å². The van der Waals surface area contributed by atoms with E-state index in [1.54, 1.807) is 0 Å². The molecule has 106 valence electrons. The Bertz CT molecular complexity index is 487. The van der Waals surface area contributed by atoms with E-state index in [-0.39, 0.29) is 29.3 Å². The summed E-state index contributed by atoms with van der Waals surface area (Å²) in [7, 11) is 0. The second-order valence-corrected chi connectivity index (χ2v) is 8.29. The molecule has 1 spiro atoms. The van der Waals surface area contributed by atoms with Crippen LogP contribution in [0.3, 0.4) is 0 Å². The molecule has 3 saturated carbocycles. The minimum Gasteiger partial charge on any atom is -0.462 e. The van der Waals surface area contributed by atoms with E-state index in [1.807, 2.05) is 0 Å². The smallest absolute Gasteiger partial charge is 0.315 e. The van der Waals surface area contributed by atoms with Crippen LogP contribution in [0, 0.1) is 28.1 Å². The summed E-state index contributed by atoms with van der Waals surface area (Å²) >= 11 is 0. The van der Waals surface area contributed by atoms with E-state index in [4.69, 9.17) is 4.74 Å². The molecule has 1 aliphatic heterocycles. The Morgan fingerprint density at radius 2 is 1.95 bits per heavy atom. The van der Waals surface area contributed by atoms with E-state index in [1.165, 1.54) is 0 Å². The summed E-state index contributed by atoms with van der Waals surface area (Å²) in [6.45, 7) is 6.50. The largest absolute Gasteiger partial charge is 0.462 e. The molecule has 4 rings (SSSR count). The molecule has 0 aromatic carbocycles. The van der Waals surface area contributed by atoms with Gasteiger partial charge in [0.15, 0.2) is 0 Å². The zero-order chi connectivity index (χ0) is 13.8. The van der Waals surface area contributed by atoms with Crippen LogP contribution >= 0.6 is 0 Å². The van der Waals surface area contributed by atoms with Crippen LogP contribution in [0.25, 0.3) is 0 Å². The van der Waals surface area contributed by atoms with E-state index in [0.29, 0.717) is 12.3 Å². The average Bonchev–Trinajstić information content (AvgIpc) is 2.73. The van der Waals surface area contributed by atoms with Crippen LogP contribution in [-0.2, 0) is 9.53 Å². The third-order valence-electron chi connectivity index (χ3n) is 6.78. The summed E-state index contributed by atoms with van der Waals surface area (Å²) in [5, 5.41) is 21.6. The second kappa shape index (κ2) is 2.86. The lowest BCUT2D eigenvalue weighted by Crippen LogP contribution is -2.60. The summed E-state index contributed by atoms with van der Waals surface area (Å²) in [4.78, 5) is 12.2. The minimum absolute atomic E-state index is 0.0355. The highest BCUT2D eigenvalue weighted by molar-refractivity contribution is 5.87. The van der Waals surface area contributed by atoms with Crippen LogP contribution in [0.15, 0.2) is 0 Å². The first-order valence-corrected chi connectivity index (χ1v) is 7.26. The maximum absolute atomic E-state index is 12.2. The molecule has 19 heavy (non-hydrogen) atoms. The molecule has 6 atom stereocenters. The van der Waals surface area contributed by atoms with Gasteiger partial charge in [-0.25, -0.2) is 0 Å². The van der Waals surface area contributed by atoms with Crippen LogP contribution in [0.2, 0.25) is 0 Å². The van der Waals surface area contributed by atoms with Crippen LogP contribution in [-0.4, -0.2) is 34.5 Å². The number of rotatable bonds is 0. The summed E-state index contributed by atoms with van der Waals surface area (Å²) in [5.41, 5.74) is -2.20. The number of carbonyl (C=O) groups is 1. The predicted octanol–water partition coefficient (Wildman–Crippen LogP) is 1.10. The lowest BCUT2D eigenvalue weighted by Gasteiger charge is -2.46. The van der Waals surface area contributed by atoms with Gasteiger partial charge in [0.1, 0.15) is 17.6 Å². The van der Waals surface area contributed by atoms with Gasteiger partial charge in [0.05, 0.1) is 6.10 Å². The van der Waals surface area contributed by atoms with E-state index in [2.05, 4.69) is 20.8 Å². The molecular weight excluding hydrogens is 244 g/mol. The number of esters is 1. The molecular formula is C15H22O4. The first-order valence-electron chi connectivity index (χ1n) is 7.26. The summed E-state index contributed by atoms with van der Waals surface area (Å²) in [6.07, 6.45) is 1.78. The summed E-state index contributed by atoms with van der Waals surface area (Å²) in [5.74, 6) is 0.123. The van der Waals surface area contributed by atoms with E-state index in [9.17, 15) is 15.0 Å². The number of ether oxygens (including phenoxy) is 1. The van der Waals surface area contributed by atoms with Crippen molar-refractivity contribution in [2.24, 2.45) is 28.1 Å². The quantitative estimate of drug-likeness (QED) is 0.644. The van der Waals surface area contributed by atoms with Crippen LogP contribution < -0.4 is 0 Å². The molecule has 4 nitrogen and oxygen atoms in total. The second-order valence-electron chi connectivity index (χ2n) is 8.29. The molecule has 4 aliphatic rings. The van der Waals surface area contributed by atoms with Crippen molar-refractivity contribution in [2.45, 2.75) is 51.7 Å². The van der Waals surface area contributed by atoms with Crippen LogP contribution in [0.1, 0.15) is 40.0 Å². The molecule has 3 aliphatic carbocycles. The van der Waals surface area contributed by atoms with Gasteiger partial charge in [-0.15, -0.1) is 0 Å². The summed E-state index contributed by atoms with van der Waals surface area (Å²) in [6, 6.07) is 0. The Morgan fingerprint density at radius 1 is 1.26 bits per heavy atom. The normalized spacial score (nSPS) is 61.1. The number of hydrogen-bond acceptors (Lipinski definition) is 4. The third-order valence-corrected chi connectivity index (χ3v) is 6.78. The Balaban J connectivity index is 1.85. The van der Waals surface area contributed by atoms with E-state index in [0.717, 1.165) is 12.8 Å². The fraction of sp³-hybridized carbons (Fsp3) is 0.933. The van der Waals surface area contributed by atoms with Gasteiger partial charge in [0.25, 0.3) is 0 Å². The lowest BCUT2D eigenvalue weighted by molar-refractivity contribution is -0.176. The number of aliphatic hydroxyl groups is 2. The first kappa shape index (κ1) is 12.2. The van der Waals surface area contributed by atoms with E-state index >= 15 is 0 Å². The van der Waals surface area contributed by atoms with Crippen molar-refractivity contribution in [3.05, 3.63) is 0 Å². The van der Waals surface area contributed by atoms with Gasteiger partial charge < -0.3 is 14.9 Å². The van der Waals surface area contributed by atoms with E-state index < -0.39 is 17.1 Å².